The van der Waals surface area contributed by atoms with Gasteiger partial charge in [-0.15, -0.1) is 0 Å². The van der Waals surface area contributed by atoms with Crippen molar-refractivity contribution in [2.45, 2.75) is 12.6 Å². The zero-order valence-electron chi connectivity index (χ0n) is 11.3. The maximum absolute atomic E-state index is 9.52. The van der Waals surface area contributed by atoms with Crippen LogP contribution >= 0.6 is 11.6 Å². The van der Waals surface area contributed by atoms with E-state index in [0.717, 1.165) is 16.9 Å². The number of halogens is 1. The second-order valence-corrected chi connectivity index (χ2v) is 4.92. The molecule has 2 aromatic carbocycles. The molecule has 0 bridgehead atoms. The molecule has 2 rings (SSSR count). The first-order valence-corrected chi connectivity index (χ1v) is 6.84. The van der Waals surface area contributed by atoms with Crippen molar-refractivity contribution < 1.29 is 9.84 Å². The van der Waals surface area contributed by atoms with Crippen LogP contribution in [0.5, 0.6) is 5.75 Å². The number of hydrogen-bond acceptors (Lipinski definition) is 3. The van der Waals surface area contributed by atoms with Crippen LogP contribution in [0.2, 0.25) is 5.02 Å². The molecule has 0 spiro atoms. The van der Waals surface area contributed by atoms with Gasteiger partial charge in [-0.25, -0.2) is 0 Å². The summed E-state index contributed by atoms with van der Waals surface area (Å²) < 4.78 is 5.31. The van der Waals surface area contributed by atoms with Crippen LogP contribution in [0.15, 0.2) is 48.5 Å². The summed E-state index contributed by atoms with van der Waals surface area (Å²) in [5, 5.41) is 13.5. The number of methoxy groups -OCH3 is 1. The predicted octanol–water partition coefficient (Wildman–Crippen LogP) is 3.17. The van der Waals surface area contributed by atoms with E-state index in [2.05, 4.69) is 5.32 Å². The molecule has 2 aromatic rings. The highest BCUT2D eigenvalue weighted by atomic mass is 35.5. The molecule has 2 N–H and O–H groups in total. The molecule has 0 aliphatic rings. The number of hydrogen-bond donors (Lipinski definition) is 2. The van der Waals surface area contributed by atoms with Crippen molar-refractivity contribution in [2.24, 2.45) is 0 Å². The SMILES string of the molecule is COc1ccc(Cl)cc1CNC(CO)c1ccccc1. The van der Waals surface area contributed by atoms with Crippen molar-refractivity contribution >= 4 is 11.6 Å². The summed E-state index contributed by atoms with van der Waals surface area (Å²) in [5.74, 6) is 0.784. The van der Waals surface area contributed by atoms with E-state index in [0.29, 0.717) is 11.6 Å². The lowest BCUT2D eigenvalue weighted by Crippen LogP contribution is -2.24. The highest BCUT2D eigenvalue weighted by molar-refractivity contribution is 6.30. The van der Waals surface area contributed by atoms with E-state index in [4.69, 9.17) is 16.3 Å². The summed E-state index contributed by atoms with van der Waals surface area (Å²) in [6.45, 7) is 0.608. The number of nitrogens with one attached hydrogen (secondary N) is 1. The molecule has 0 radical (unpaired) electrons. The van der Waals surface area contributed by atoms with Gasteiger partial charge in [-0.05, 0) is 23.8 Å². The fourth-order valence-electron chi connectivity index (χ4n) is 2.09. The van der Waals surface area contributed by atoms with E-state index in [9.17, 15) is 5.11 Å². The second kappa shape index (κ2) is 7.29. The van der Waals surface area contributed by atoms with Gasteiger partial charge in [0.25, 0.3) is 0 Å². The normalized spacial score (nSPS) is 12.2. The Balaban J connectivity index is 2.09. The third-order valence-corrected chi connectivity index (χ3v) is 3.40. The first kappa shape index (κ1) is 14.9. The van der Waals surface area contributed by atoms with Crippen LogP contribution in [0.3, 0.4) is 0 Å². The Hall–Kier alpha value is -1.55. The van der Waals surface area contributed by atoms with E-state index in [1.54, 1.807) is 13.2 Å². The fourth-order valence-corrected chi connectivity index (χ4v) is 2.29. The van der Waals surface area contributed by atoms with Crippen LogP contribution in [0.1, 0.15) is 17.2 Å². The lowest BCUT2D eigenvalue weighted by molar-refractivity contribution is 0.243. The van der Waals surface area contributed by atoms with Crippen molar-refractivity contribution in [1.29, 1.82) is 0 Å². The Labute approximate surface area is 124 Å². The van der Waals surface area contributed by atoms with Gasteiger partial charge in [0.1, 0.15) is 5.75 Å². The molecule has 0 heterocycles. The summed E-state index contributed by atoms with van der Waals surface area (Å²) in [4.78, 5) is 0. The summed E-state index contributed by atoms with van der Waals surface area (Å²) in [7, 11) is 1.63. The maximum Gasteiger partial charge on any atom is 0.123 e. The quantitative estimate of drug-likeness (QED) is 0.859. The number of ether oxygens (including phenoxy) is 1. The van der Waals surface area contributed by atoms with Crippen LogP contribution in [0, 0.1) is 0 Å². The Morgan fingerprint density at radius 3 is 2.60 bits per heavy atom. The minimum atomic E-state index is -0.111. The molecule has 0 aromatic heterocycles. The predicted molar refractivity (Wildman–Crippen MR) is 81.1 cm³/mol. The van der Waals surface area contributed by atoms with Crippen LogP contribution in [0.25, 0.3) is 0 Å². The molecule has 1 atom stereocenters. The van der Waals surface area contributed by atoms with Gasteiger partial charge in [0.2, 0.25) is 0 Å². The molecule has 0 fully saturated rings. The van der Waals surface area contributed by atoms with Gasteiger partial charge in [0, 0.05) is 17.1 Å². The van der Waals surface area contributed by atoms with Crippen LogP contribution in [-0.4, -0.2) is 18.8 Å². The molecule has 0 saturated heterocycles. The molecule has 0 saturated carbocycles. The zero-order chi connectivity index (χ0) is 14.4. The third-order valence-electron chi connectivity index (χ3n) is 3.17. The van der Waals surface area contributed by atoms with Gasteiger partial charge in [0.15, 0.2) is 0 Å². The molecular formula is C16H18ClNO2. The standard InChI is InChI=1S/C16H18ClNO2/c1-20-16-8-7-14(17)9-13(16)10-18-15(11-19)12-5-3-2-4-6-12/h2-9,15,18-19H,10-11H2,1H3. The smallest absolute Gasteiger partial charge is 0.123 e. The third kappa shape index (κ3) is 3.73. The molecule has 0 aliphatic carbocycles. The minimum Gasteiger partial charge on any atom is -0.496 e. The fraction of sp³-hybridized carbons (Fsp3) is 0.250. The lowest BCUT2D eigenvalue weighted by atomic mass is 10.1. The summed E-state index contributed by atoms with van der Waals surface area (Å²) in [5.41, 5.74) is 2.02. The zero-order valence-corrected chi connectivity index (χ0v) is 12.1. The van der Waals surface area contributed by atoms with E-state index in [1.807, 2.05) is 42.5 Å². The largest absolute Gasteiger partial charge is 0.496 e. The molecule has 3 nitrogen and oxygen atoms in total. The number of benzene rings is 2. The lowest BCUT2D eigenvalue weighted by Gasteiger charge is -2.18. The van der Waals surface area contributed by atoms with E-state index in [-0.39, 0.29) is 12.6 Å². The maximum atomic E-state index is 9.52. The van der Waals surface area contributed by atoms with E-state index >= 15 is 0 Å². The van der Waals surface area contributed by atoms with Crippen LogP contribution < -0.4 is 10.1 Å². The summed E-state index contributed by atoms with van der Waals surface area (Å²) in [6.07, 6.45) is 0. The molecule has 106 valence electrons. The van der Waals surface area contributed by atoms with Crippen LogP contribution in [0.4, 0.5) is 0 Å². The Kier molecular flexibility index (Phi) is 5.41. The van der Waals surface area contributed by atoms with Gasteiger partial charge in [-0.3, -0.25) is 0 Å². The highest BCUT2D eigenvalue weighted by Crippen LogP contribution is 2.23. The molecule has 20 heavy (non-hydrogen) atoms. The van der Waals surface area contributed by atoms with Crippen molar-refractivity contribution in [2.75, 3.05) is 13.7 Å². The Morgan fingerprint density at radius 2 is 1.95 bits per heavy atom. The van der Waals surface area contributed by atoms with Gasteiger partial charge < -0.3 is 15.2 Å². The van der Waals surface area contributed by atoms with Crippen molar-refractivity contribution in [3.05, 3.63) is 64.7 Å². The van der Waals surface area contributed by atoms with Gasteiger partial charge in [-0.1, -0.05) is 41.9 Å². The Bertz CT molecular complexity index is 545. The van der Waals surface area contributed by atoms with Gasteiger partial charge >= 0.3 is 0 Å². The minimum absolute atomic E-state index is 0.0346. The molecule has 0 aliphatic heterocycles. The molecular weight excluding hydrogens is 274 g/mol. The average Bonchev–Trinajstić information content (AvgIpc) is 2.49. The topological polar surface area (TPSA) is 41.5 Å². The van der Waals surface area contributed by atoms with Crippen molar-refractivity contribution in [3.8, 4) is 5.75 Å². The second-order valence-electron chi connectivity index (χ2n) is 4.48. The average molecular weight is 292 g/mol. The highest BCUT2D eigenvalue weighted by Gasteiger charge is 2.11. The van der Waals surface area contributed by atoms with Gasteiger partial charge in [-0.2, -0.15) is 0 Å². The molecule has 4 heteroatoms. The van der Waals surface area contributed by atoms with Gasteiger partial charge in [0.05, 0.1) is 19.8 Å². The number of aliphatic hydroxyl groups excluding tert-OH is 1. The summed E-state index contributed by atoms with van der Waals surface area (Å²) in [6, 6.07) is 15.2. The monoisotopic (exact) mass is 291 g/mol. The summed E-state index contributed by atoms with van der Waals surface area (Å²) >= 11 is 6.01. The number of aliphatic hydroxyl groups is 1. The van der Waals surface area contributed by atoms with E-state index < -0.39 is 0 Å². The first-order chi connectivity index (χ1) is 9.74. The van der Waals surface area contributed by atoms with Crippen molar-refractivity contribution in [3.63, 3.8) is 0 Å². The van der Waals surface area contributed by atoms with E-state index in [1.165, 1.54) is 0 Å². The molecule has 1 unspecified atom stereocenters. The Morgan fingerprint density at radius 1 is 1.20 bits per heavy atom. The number of rotatable bonds is 6. The first-order valence-electron chi connectivity index (χ1n) is 6.46. The van der Waals surface area contributed by atoms with Crippen molar-refractivity contribution in [1.82, 2.24) is 5.32 Å². The van der Waals surface area contributed by atoms with Crippen LogP contribution in [-0.2, 0) is 6.54 Å². The molecule has 0 amide bonds.